The van der Waals surface area contributed by atoms with E-state index in [1.165, 1.54) is 17.5 Å². The van der Waals surface area contributed by atoms with E-state index in [9.17, 15) is 4.79 Å². The van der Waals surface area contributed by atoms with Crippen LogP contribution in [0.15, 0.2) is 59.8 Å². The zero-order chi connectivity index (χ0) is 16.4. The molecular weight excluding hydrogens is 302 g/mol. The molecule has 3 heterocycles. The fourth-order valence-corrected chi connectivity index (χ4v) is 3.04. The van der Waals surface area contributed by atoms with Crippen LogP contribution < -0.4 is 10.5 Å². The SMILES string of the molecule is O=c1cc(N2CCCC2)cnn1Cc1ccc(-n2cccn2)cc1. The van der Waals surface area contributed by atoms with Gasteiger partial charge in [-0.15, -0.1) is 0 Å². The van der Waals surface area contributed by atoms with E-state index >= 15 is 0 Å². The van der Waals surface area contributed by atoms with Crippen molar-refractivity contribution in [2.24, 2.45) is 0 Å². The molecule has 6 heteroatoms. The molecule has 0 atom stereocenters. The first-order valence-corrected chi connectivity index (χ1v) is 8.21. The molecule has 6 nitrogen and oxygen atoms in total. The van der Waals surface area contributed by atoms with Gasteiger partial charge in [-0.05, 0) is 36.6 Å². The van der Waals surface area contributed by atoms with E-state index in [1.54, 1.807) is 23.1 Å². The minimum atomic E-state index is -0.0597. The fourth-order valence-electron chi connectivity index (χ4n) is 3.04. The zero-order valence-corrected chi connectivity index (χ0v) is 13.4. The lowest BCUT2D eigenvalue weighted by Gasteiger charge is -2.17. The summed E-state index contributed by atoms with van der Waals surface area (Å²) in [5.41, 5.74) is 2.90. The molecule has 0 amide bonds. The minimum absolute atomic E-state index is 0.0597. The van der Waals surface area contributed by atoms with Gasteiger partial charge in [-0.1, -0.05) is 12.1 Å². The highest BCUT2D eigenvalue weighted by molar-refractivity contribution is 5.43. The second kappa shape index (κ2) is 6.31. The van der Waals surface area contributed by atoms with Gasteiger partial charge in [-0.2, -0.15) is 10.2 Å². The van der Waals surface area contributed by atoms with Crippen LogP contribution in [0.25, 0.3) is 5.69 Å². The number of nitrogens with zero attached hydrogens (tertiary/aromatic N) is 5. The van der Waals surface area contributed by atoms with E-state index in [0.717, 1.165) is 30.0 Å². The molecule has 0 radical (unpaired) electrons. The first-order chi connectivity index (χ1) is 11.8. The number of rotatable bonds is 4. The van der Waals surface area contributed by atoms with Crippen LogP contribution in [0.5, 0.6) is 0 Å². The van der Waals surface area contributed by atoms with E-state index in [2.05, 4.69) is 15.1 Å². The van der Waals surface area contributed by atoms with Crippen molar-refractivity contribution >= 4 is 5.69 Å². The molecule has 2 aromatic heterocycles. The molecule has 1 aliphatic heterocycles. The predicted octanol–water partition coefficient (Wildman–Crippen LogP) is 2.08. The Kier molecular flexibility index (Phi) is 3.86. The number of benzene rings is 1. The summed E-state index contributed by atoms with van der Waals surface area (Å²) in [6.45, 7) is 2.50. The molecule has 0 N–H and O–H groups in total. The Bertz CT molecular complexity index is 861. The molecule has 0 unspecified atom stereocenters. The second-order valence-electron chi connectivity index (χ2n) is 6.02. The van der Waals surface area contributed by atoms with Crippen LogP contribution in [0.2, 0.25) is 0 Å². The topological polar surface area (TPSA) is 56.0 Å². The summed E-state index contributed by atoms with van der Waals surface area (Å²) in [5, 5.41) is 8.54. The summed E-state index contributed by atoms with van der Waals surface area (Å²) in [6, 6.07) is 11.6. The van der Waals surface area contributed by atoms with Crippen molar-refractivity contribution in [2.75, 3.05) is 18.0 Å². The molecule has 1 fully saturated rings. The molecule has 122 valence electrons. The van der Waals surface area contributed by atoms with Gasteiger partial charge in [0, 0.05) is 31.5 Å². The largest absolute Gasteiger partial charge is 0.370 e. The van der Waals surface area contributed by atoms with Crippen LogP contribution in [0, 0.1) is 0 Å². The van der Waals surface area contributed by atoms with E-state index in [-0.39, 0.29) is 5.56 Å². The number of anilines is 1. The average molecular weight is 321 g/mol. The lowest BCUT2D eigenvalue weighted by atomic mass is 10.2. The third-order valence-corrected chi connectivity index (χ3v) is 4.36. The maximum atomic E-state index is 12.3. The molecular formula is C18H19N5O. The Hall–Kier alpha value is -2.89. The van der Waals surface area contributed by atoms with E-state index in [4.69, 9.17) is 0 Å². The van der Waals surface area contributed by atoms with Gasteiger partial charge in [0.25, 0.3) is 5.56 Å². The normalized spacial score (nSPS) is 14.2. The number of hydrogen-bond donors (Lipinski definition) is 0. The molecule has 1 saturated heterocycles. The summed E-state index contributed by atoms with van der Waals surface area (Å²) >= 11 is 0. The molecule has 0 aliphatic carbocycles. The van der Waals surface area contributed by atoms with Crippen LogP contribution in [-0.4, -0.2) is 32.7 Å². The van der Waals surface area contributed by atoms with Gasteiger partial charge in [-0.25, -0.2) is 9.36 Å². The van der Waals surface area contributed by atoms with Gasteiger partial charge in [0.05, 0.1) is 24.1 Å². The summed E-state index contributed by atoms with van der Waals surface area (Å²) in [7, 11) is 0. The zero-order valence-electron chi connectivity index (χ0n) is 13.4. The van der Waals surface area contributed by atoms with Gasteiger partial charge in [0.15, 0.2) is 0 Å². The highest BCUT2D eigenvalue weighted by Crippen LogP contribution is 2.17. The molecule has 3 aromatic rings. The summed E-state index contributed by atoms with van der Waals surface area (Å²) in [6.07, 6.45) is 7.82. The number of aromatic nitrogens is 4. The Labute approximate surface area is 140 Å². The van der Waals surface area contributed by atoms with Gasteiger partial charge in [0.1, 0.15) is 0 Å². The third-order valence-electron chi connectivity index (χ3n) is 4.36. The van der Waals surface area contributed by atoms with E-state index in [0.29, 0.717) is 6.54 Å². The third kappa shape index (κ3) is 2.95. The average Bonchev–Trinajstić information content (AvgIpc) is 3.31. The second-order valence-corrected chi connectivity index (χ2v) is 6.02. The Morgan fingerprint density at radius 3 is 2.46 bits per heavy atom. The van der Waals surface area contributed by atoms with Gasteiger partial charge in [0.2, 0.25) is 0 Å². The highest BCUT2D eigenvalue weighted by Gasteiger charge is 2.13. The maximum Gasteiger partial charge on any atom is 0.269 e. The smallest absolute Gasteiger partial charge is 0.269 e. The molecule has 4 rings (SSSR count). The molecule has 0 spiro atoms. The molecule has 24 heavy (non-hydrogen) atoms. The van der Waals surface area contributed by atoms with Crippen LogP contribution in [0.4, 0.5) is 5.69 Å². The van der Waals surface area contributed by atoms with Crippen molar-refractivity contribution in [3.05, 3.63) is 70.9 Å². The lowest BCUT2D eigenvalue weighted by Crippen LogP contribution is -2.26. The van der Waals surface area contributed by atoms with Crippen LogP contribution in [-0.2, 0) is 6.54 Å². The van der Waals surface area contributed by atoms with Crippen LogP contribution in [0.1, 0.15) is 18.4 Å². The van der Waals surface area contributed by atoms with Crippen molar-refractivity contribution in [1.29, 1.82) is 0 Å². The van der Waals surface area contributed by atoms with Crippen molar-refractivity contribution in [2.45, 2.75) is 19.4 Å². The minimum Gasteiger partial charge on any atom is -0.370 e. The van der Waals surface area contributed by atoms with Crippen molar-refractivity contribution in [1.82, 2.24) is 19.6 Å². The molecule has 1 aliphatic rings. The van der Waals surface area contributed by atoms with Crippen molar-refractivity contribution < 1.29 is 0 Å². The first kappa shape index (κ1) is 14.7. The Morgan fingerprint density at radius 1 is 1.00 bits per heavy atom. The number of hydrogen-bond acceptors (Lipinski definition) is 4. The van der Waals surface area contributed by atoms with Crippen molar-refractivity contribution in [3.63, 3.8) is 0 Å². The first-order valence-electron chi connectivity index (χ1n) is 8.21. The summed E-state index contributed by atoms with van der Waals surface area (Å²) < 4.78 is 3.31. The van der Waals surface area contributed by atoms with E-state index < -0.39 is 0 Å². The highest BCUT2D eigenvalue weighted by atomic mass is 16.1. The summed E-state index contributed by atoms with van der Waals surface area (Å²) in [5.74, 6) is 0. The van der Waals surface area contributed by atoms with Gasteiger partial charge >= 0.3 is 0 Å². The fraction of sp³-hybridized carbons (Fsp3) is 0.278. The Balaban J connectivity index is 1.51. The molecule has 1 aromatic carbocycles. The standard InChI is InChI=1S/C18H19N5O/c24-18-12-17(21-9-1-2-10-21)13-20-23(18)14-15-4-6-16(7-5-15)22-11-3-8-19-22/h3-8,11-13H,1-2,9-10,14H2. The van der Waals surface area contributed by atoms with Gasteiger partial charge < -0.3 is 4.90 Å². The monoisotopic (exact) mass is 321 g/mol. The molecule has 0 bridgehead atoms. The van der Waals surface area contributed by atoms with Gasteiger partial charge in [-0.3, -0.25) is 4.79 Å². The quantitative estimate of drug-likeness (QED) is 0.738. The lowest BCUT2D eigenvalue weighted by molar-refractivity contribution is 0.637. The maximum absolute atomic E-state index is 12.3. The molecule has 0 saturated carbocycles. The summed E-state index contributed by atoms with van der Waals surface area (Å²) in [4.78, 5) is 14.5. The van der Waals surface area contributed by atoms with E-state index in [1.807, 2.05) is 36.5 Å². The van der Waals surface area contributed by atoms with Crippen LogP contribution >= 0.6 is 0 Å². The Morgan fingerprint density at radius 2 is 1.79 bits per heavy atom. The predicted molar refractivity (Wildman–Crippen MR) is 92.6 cm³/mol. The van der Waals surface area contributed by atoms with Crippen LogP contribution in [0.3, 0.4) is 0 Å². The van der Waals surface area contributed by atoms with Crippen molar-refractivity contribution in [3.8, 4) is 5.69 Å².